The molecule has 2 unspecified atom stereocenters. The molecule has 6 heteroatoms. The summed E-state index contributed by atoms with van der Waals surface area (Å²) in [5.41, 5.74) is 1.43. The lowest BCUT2D eigenvalue weighted by Gasteiger charge is -2.31. The van der Waals surface area contributed by atoms with Gasteiger partial charge in [-0.25, -0.2) is 4.79 Å². The first-order valence-electron chi connectivity index (χ1n) is 7.38. The zero-order valence-corrected chi connectivity index (χ0v) is 14.7. The third kappa shape index (κ3) is 4.35. The van der Waals surface area contributed by atoms with Gasteiger partial charge in [0.2, 0.25) is 0 Å². The number of anilines is 1. The predicted molar refractivity (Wildman–Crippen MR) is 95.2 cm³/mol. The summed E-state index contributed by atoms with van der Waals surface area (Å²) in [6.07, 6.45) is 0.128. The average molecular weight is 392 g/mol. The molecule has 2 rings (SSSR count). The molecule has 2 aromatic rings. The Labute approximate surface area is 148 Å². The summed E-state index contributed by atoms with van der Waals surface area (Å²) in [5.74, 6) is -3.38. The van der Waals surface area contributed by atoms with E-state index >= 15 is 0 Å². The molecule has 5 nitrogen and oxygen atoms in total. The molecule has 126 valence electrons. The van der Waals surface area contributed by atoms with Crippen molar-refractivity contribution in [2.45, 2.75) is 12.5 Å². The van der Waals surface area contributed by atoms with Crippen molar-refractivity contribution in [3.8, 4) is 0 Å². The number of benzene rings is 2. The molecule has 0 aliphatic heterocycles. The van der Waals surface area contributed by atoms with E-state index in [9.17, 15) is 19.8 Å². The number of hydrogen-bond donors (Lipinski definition) is 2. The lowest BCUT2D eigenvalue weighted by atomic mass is 9.91. The molecule has 0 spiro atoms. The highest BCUT2D eigenvalue weighted by atomic mass is 79.9. The number of carbonyl (C=O) groups is 2. The summed E-state index contributed by atoms with van der Waals surface area (Å²) < 4.78 is 0.826. The van der Waals surface area contributed by atoms with Crippen LogP contribution in [0.4, 0.5) is 5.69 Å². The number of hydrogen-bond acceptors (Lipinski definition) is 3. The Hall–Kier alpha value is -2.34. The van der Waals surface area contributed by atoms with Gasteiger partial charge in [0.25, 0.3) is 0 Å². The molecular formula is C18H18BrNO4. The topological polar surface area (TPSA) is 77.8 Å². The number of para-hydroxylation sites is 1. The number of aliphatic carboxylic acids is 2. The zero-order valence-electron chi connectivity index (χ0n) is 13.1. The maximum atomic E-state index is 11.8. The molecule has 0 saturated heterocycles. The van der Waals surface area contributed by atoms with Gasteiger partial charge in [0.1, 0.15) is 6.04 Å². The van der Waals surface area contributed by atoms with Crippen LogP contribution < -0.4 is 4.90 Å². The first kappa shape index (κ1) is 18.0. The van der Waals surface area contributed by atoms with Crippen LogP contribution in [0.25, 0.3) is 0 Å². The summed E-state index contributed by atoms with van der Waals surface area (Å²) in [6.45, 7) is 0. The van der Waals surface area contributed by atoms with Crippen LogP contribution >= 0.6 is 15.9 Å². The van der Waals surface area contributed by atoms with Gasteiger partial charge in [-0.05, 0) is 36.2 Å². The van der Waals surface area contributed by atoms with Crippen molar-refractivity contribution in [1.29, 1.82) is 0 Å². The highest BCUT2D eigenvalue weighted by Gasteiger charge is 2.37. The van der Waals surface area contributed by atoms with Crippen molar-refractivity contribution in [2.75, 3.05) is 11.9 Å². The van der Waals surface area contributed by atoms with Crippen molar-refractivity contribution in [1.82, 2.24) is 0 Å². The van der Waals surface area contributed by atoms with Gasteiger partial charge < -0.3 is 15.1 Å². The van der Waals surface area contributed by atoms with Gasteiger partial charge in [0, 0.05) is 17.2 Å². The highest BCUT2D eigenvalue weighted by molar-refractivity contribution is 9.10. The fourth-order valence-corrected chi connectivity index (χ4v) is 3.13. The number of likely N-dealkylation sites (N-methyl/N-ethyl adjacent to an activating group) is 1. The van der Waals surface area contributed by atoms with Crippen LogP contribution in [0.1, 0.15) is 5.56 Å². The number of rotatable bonds is 7. The Kier molecular flexibility index (Phi) is 5.98. The molecule has 2 N–H and O–H groups in total. The number of carboxylic acid groups (broad SMARTS) is 2. The van der Waals surface area contributed by atoms with E-state index in [1.54, 1.807) is 49.5 Å². The summed E-state index contributed by atoms with van der Waals surface area (Å²) >= 11 is 3.35. The standard InChI is InChI=1S/C18H18BrNO4/c1-20(14-8-3-2-4-9-14)16(18(23)24)15(17(21)22)11-12-6-5-7-13(19)10-12/h2-10,15-16H,11H2,1H3,(H,21,22)(H,23,24). The Bertz CT molecular complexity index is 720. The van der Waals surface area contributed by atoms with Crippen LogP contribution in [0, 0.1) is 5.92 Å². The summed E-state index contributed by atoms with van der Waals surface area (Å²) in [4.78, 5) is 25.1. The minimum atomic E-state index is -1.18. The van der Waals surface area contributed by atoms with Gasteiger partial charge in [-0.3, -0.25) is 4.79 Å². The van der Waals surface area contributed by atoms with E-state index in [0.29, 0.717) is 5.69 Å². The molecule has 2 aromatic carbocycles. The van der Waals surface area contributed by atoms with E-state index in [4.69, 9.17) is 0 Å². The van der Waals surface area contributed by atoms with Gasteiger partial charge in [0.15, 0.2) is 0 Å². The van der Waals surface area contributed by atoms with Crippen LogP contribution in [0.3, 0.4) is 0 Å². The number of halogens is 1. The average Bonchev–Trinajstić information content (AvgIpc) is 2.54. The van der Waals surface area contributed by atoms with Gasteiger partial charge in [-0.1, -0.05) is 46.3 Å². The van der Waals surface area contributed by atoms with Crippen molar-refractivity contribution in [2.24, 2.45) is 5.92 Å². The molecular weight excluding hydrogens is 374 g/mol. The molecule has 0 fully saturated rings. The largest absolute Gasteiger partial charge is 0.481 e. The highest BCUT2D eigenvalue weighted by Crippen LogP contribution is 2.24. The molecule has 0 aliphatic rings. The van der Waals surface area contributed by atoms with E-state index < -0.39 is 23.9 Å². The van der Waals surface area contributed by atoms with E-state index in [1.165, 1.54) is 4.90 Å². The third-order valence-corrected chi connectivity index (χ3v) is 4.37. The fourth-order valence-electron chi connectivity index (χ4n) is 2.68. The first-order valence-corrected chi connectivity index (χ1v) is 8.17. The number of carboxylic acids is 2. The Morgan fingerprint density at radius 1 is 1.04 bits per heavy atom. The molecule has 24 heavy (non-hydrogen) atoms. The minimum Gasteiger partial charge on any atom is -0.481 e. The van der Waals surface area contributed by atoms with Gasteiger partial charge in [-0.15, -0.1) is 0 Å². The third-order valence-electron chi connectivity index (χ3n) is 3.88. The second-order valence-corrected chi connectivity index (χ2v) is 6.42. The Balaban J connectivity index is 2.34. The van der Waals surface area contributed by atoms with E-state index in [1.807, 2.05) is 12.1 Å². The number of nitrogens with zero attached hydrogens (tertiary/aromatic N) is 1. The van der Waals surface area contributed by atoms with Crippen LogP contribution in [0.5, 0.6) is 0 Å². The lowest BCUT2D eigenvalue weighted by Crippen LogP contribution is -2.48. The molecule has 0 saturated carbocycles. The molecule has 0 heterocycles. The smallest absolute Gasteiger partial charge is 0.327 e. The van der Waals surface area contributed by atoms with Crippen LogP contribution in [-0.4, -0.2) is 35.2 Å². The fraction of sp³-hybridized carbons (Fsp3) is 0.222. The molecule has 0 radical (unpaired) electrons. The Morgan fingerprint density at radius 3 is 2.25 bits per heavy atom. The van der Waals surface area contributed by atoms with Crippen molar-refractivity contribution in [3.05, 3.63) is 64.6 Å². The Morgan fingerprint density at radius 2 is 1.71 bits per heavy atom. The summed E-state index contributed by atoms with van der Waals surface area (Å²) in [6, 6.07) is 15.0. The van der Waals surface area contributed by atoms with E-state index in [0.717, 1.165) is 10.0 Å². The maximum absolute atomic E-state index is 11.8. The summed E-state index contributed by atoms with van der Waals surface area (Å²) in [5, 5.41) is 19.3. The summed E-state index contributed by atoms with van der Waals surface area (Å²) in [7, 11) is 1.60. The second kappa shape index (κ2) is 7.97. The predicted octanol–water partition coefficient (Wildman–Crippen LogP) is 3.28. The van der Waals surface area contributed by atoms with E-state index in [2.05, 4.69) is 15.9 Å². The van der Waals surface area contributed by atoms with Crippen LogP contribution in [0.2, 0.25) is 0 Å². The minimum absolute atomic E-state index is 0.128. The normalized spacial score (nSPS) is 13.1. The monoisotopic (exact) mass is 391 g/mol. The zero-order chi connectivity index (χ0) is 17.7. The van der Waals surface area contributed by atoms with Gasteiger partial charge in [-0.2, -0.15) is 0 Å². The van der Waals surface area contributed by atoms with Crippen molar-refractivity contribution < 1.29 is 19.8 Å². The molecule has 0 aliphatic carbocycles. The van der Waals surface area contributed by atoms with Crippen molar-refractivity contribution >= 4 is 33.6 Å². The molecule has 0 bridgehead atoms. The first-order chi connectivity index (χ1) is 11.4. The maximum Gasteiger partial charge on any atom is 0.327 e. The molecule has 0 aromatic heterocycles. The molecule has 0 amide bonds. The van der Waals surface area contributed by atoms with Crippen LogP contribution in [0.15, 0.2) is 59.1 Å². The molecule has 2 atom stereocenters. The SMILES string of the molecule is CN(c1ccccc1)C(C(=O)O)C(Cc1cccc(Br)c1)C(=O)O. The quantitative estimate of drug-likeness (QED) is 0.756. The van der Waals surface area contributed by atoms with Crippen molar-refractivity contribution in [3.63, 3.8) is 0 Å². The van der Waals surface area contributed by atoms with E-state index in [-0.39, 0.29) is 6.42 Å². The lowest BCUT2D eigenvalue weighted by molar-refractivity contribution is -0.149. The van der Waals surface area contributed by atoms with Gasteiger partial charge >= 0.3 is 11.9 Å². The van der Waals surface area contributed by atoms with Crippen LogP contribution in [-0.2, 0) is 16.0 Å². The van der Waals surface area contributed by atoms with Gasteiger partial charge in [0.05, 0.1) is 5.92 Å². The second-order valence-electron chi connectivity index (χ2n) is 5.51.